The molecular weight excluding hydrogens is 214 g/mol. The predicted octanol–water partition coefficient (Wildman–Crippen LogP) is 2.77. The highest BCUT2D eigenvalue weighted by molar-refractivity contribution is 5.68. The molecule has 0 unspecified atom stereocenters. The monoisotopic (exact) mass is 235 g/mol. The summed E-state index contributed by atoms with van der Waals surface area (Å²) in [5, 5.41) is 8.76. The molecule has 1 aromatic rings. The topological polar surface area (TPSA) is 63.3 Å². The first-order valence-electron chi connectivity index (χ1n) is 5.79. The van der Waals surface area contributed by atoms with Crippen molar-refractivity contribution in [3.8, 4) is 0 Å². The van der Waals surface area contributed by atoms with Crippen LogP contribution in [0, 0.1) is 6.92 Å². The molecule has 0 amide bonds. The molecule has 1 aromatic carbocycles. The molecule has 0 radical (unpaired) electrons. The number of carboxylic acid groups (broad SMARTS) is 1. The molecule has 3 heteroatoms. The molecule has 17 heavy (non-hydrogen) atoms. The van der Waals surface area contributed by atoms with E-state index >= 15 is 0 Å². The first-order valence-corrected chi connectivity index (χ1v) is 5.79. The Morgan fingerprint density at radius 1 is 1.35 bits per heavy atom. The third-order valence-electron chi connectivity index (χ3n) is 2.79. The molecule has 0 saturated heterocycles. The van der Waals surface area contributed by atoms with E-state index in [4.69, 9.17) is 10.8 Å². The molecule has 0 fully saturated rings. The largest absolute Gasteiger partial charge is 0.481 e. The van der Waals surface area contributed by atoms with E-state index in [1.165, 1.54) is 5.56 Å². The molecule has 0 aliphatic heterocycles. The van der Waals surface area contributed by atoms with Crippen molar-refractivity contribution in [1.29, 1.82) is 0 Å². The number of nitrogens with two attached hydrogens (primary N) is 1. The van der Waals surface area contributed by atoms with Gasteiger partial charge in [0.15, 0.2) is 0 Å². The zero-order chi connectivity index (χ0) is 13.2. The minimum Gasteiger partial charge on any atom is -0.481 e. The average molecular weight is 235 g/mol. The maximum absolute atomic E-state index is 10.7. The summed E-state index contributed by atoms with van der Waals surface area (Å²) in [6.45, 7) is 8.41. The van der Waals surface area contributed by atoms with Crippen molar-refractivity contribution in [2.45, 2.75) is 45.6 Å². The van der Waals surface area contributed by atoms with Gasteiger partial charge in [0.05, 0.1) is 6.42 Å². The molecular formula is C14H21NO2. The van der Waals surface area contributed by atoms with Gasteiger partial charge in [0.25, 0.3) is 0 Å². The van der Waals surface area contributed by atoms with Crippen LogP contribution >= 0.6 is 0 Å². The van der Waals surface area contributed by atoms with Crippen LogP contribution in [0.1, 0.15) is 49.9 Å². The zero-order valence-electron chi connectivity index (χ0n) is 10.9. The third kappa shape index (κ3) is 3.86. The fraction of sp³-hybridized carbons (Fsp3) is 0.500. The second kappa shape index (κ2) is 4.88. The van der Waals surface area contributed by atoms with Crippen LogP contribution in [0.4, 0.5) is 0 Å². The maximum Gasteiger partial charge on any atom is 0.305 e. The summed E-state index contributed by atoms with van der Waals surface area (Å²) in [6, 6.07) is 5.66. The van der Waals surface area contributed by atoms with E-state index in [1.807, 2.05) is 19.1 Å². The molecule has 1 atom stereocenters. The van der Waals surface area contributed by atoms with Crippen LogP contribution in [0.15, 0.2) is 18.2 Å². The van der Waals surface area contributed by atoms with E-state index in [9.17, 15) is 4.79 Å². The molecule has 0 saturated carbocycles. The SMILES string of the molecule is Cc1cc([C@@H](N)CC(=O)O)cc(C(C)(C)C)c1. The van der Waals surface area contributed by atoms with Crippen molar-refractivity contribution < 1.29 is 9.90 Å². The van der Waals surface area contributed by atoms with E-state index in [1.54, 1.807) is 0 Å². The highest BCUT2D eigenvalue weighted by Gasteiger charge is 2.17. The van der Waals surface area contributed by atoms with Crippen LogP contribution in [0.5, 0.6) is 0 Å². The Morgan fingerprint density at radius 2 is 1.94 bits per heavy atom. The summed E-state index contributed by atoms with van der Waals surface area (Å²) in [6.07, 6.45) is -0.0347. The summed E-state index contributed by atoms with van der Waals surface area (Å²) in [5.74, 6) is -0.865. The fourth-order valence-corrected chi connectivity index (χ4v) is 1.77. The minimum absolute atomic E-state index is 0.0347. The van der Waals surface area contributed by atoms with E-state index in [2.05, 4.69) is 26.8 Å². The molecule has 0 heterocycles. The van der Waals surface area contributed by atoms with Gasteiger partial charge in [-0.05, 0) is 23.5 Å². The molecule has 0 aliphatic carbocycles. The standard InChI is InChI=1S/C14H21NO2/c1-9-5-10(12(15)8-13(16)17)7-11(6-9)14(2,3)4/h5-7,12H,8,15H2,1-4H3,(H,16,17)/t12-/m0/s1. The lowest BCUT2D eigenvalue weighted by molar-refractivity contribution is -0.137. The summed E-state index contributed by atoms with van der Waals surface area (Å²) >= 11 is 0. The molecule has 1 rings (SSSR count). The lowest BCUT2D eigenvalue weighted by Gasteiger charge is -2.22. The van der Waals surface area contributed by atoms with Gasteiger partial charge in [0.2, 0.25) is 0 Å². The average Bonchev–Trinajstić information content (AvgIpc) is 2.14. The molecule has 3 N–H and O–H groups in total. The number of aliphatic carboxylic acids is 1. The van der Waals surface area contributed by atoms with Crippen molar-refractivity contribution in [2.75, 3.05) is 0 Å². The van der Waals surface area contributed by atoms with E-state index in [0.29, 0.717) is 0 Å². The third-order valence-corrected chi connectivity index (χ3v) is 2.79. The summed E-state index contributed by atoms with van der Waals surface area (Å²) < 4.78 is 0. The fourth-order valence-electron chi connectivity index (χ4n) is 1.77. The Morgan fingerprint density at radius 3 is 2.41 bits per heavy atom. The number of benzene rings is 1. The Hall–Kier alpha value is -1.35. The predicted molar refractivity (Wildman–Crippen MR) is 69.1 cm³/mol. The van der Waals surface area contributed by atoms with Crippen LogP contribution < -0.4 is 5.73 Å². The number of hydrogen-bond donors (Lipinski definition) is 2. The van der Waals surface area contributed by atoms with Crippen LogP contribution in [0.25, 0.3) is 0 Å². The van der Waals surface area contributed by atoms with Crippen LogP contribution in [0.2, 0.25) is 0 Å². The molecule has 0 spiro atoms. The van der Waals surface area contributed by atoms with Crippen LogP contribution in [-0.4, -0.2) is 11.1 Å². The van der Waals surface area contributed by atoms with Gasteiger partial charge in [-0.1, -0.05) is 44.5 Å². The normalized spacial score (nSPS) is 13.5. The van der Waals surface area contributed by atoms with Crippen LogP contribution in [0.3, 0.4) is 0 Å². The van der Waals surface area contributed by atoms with Gasteiger partial charge in [-0.15, -0.1) is 0 Å². The number of carbonyl (C=O) groups is 1. The summed E-state index contributed by atoms with van der Waals surface area (Å²) in [5.41, 5.74) is 9.15. The zero-order valence-corrected chi connectivity index (χ0v) is 10.9. The Bertz CT molecular complexity index is 419. The lowest BCUT2D eigenvalue weighted by Crippen LogP contribution is -2.17. The van der Waals surface area contributed by atoms with Gasteiger partial charge in [0.1, 0.15) is 0 Å². The van der Waals surface area contributed by atoms with Crippen molar-refractivity contribution in [3.05, 3.63) is 34.9 Å². The number of hydrogen-bond acceptors (Lipinski definition) is 2. The second-order valence-electron chi connectivity index (χ2n) is 5.59. The van der Waals surface area contributed by atoms with Gasteiger partial charge in [-0.25, -0.2) is 0 Å². The molecule has 0 aliphatic rings. The highest BCUT2D eigenvalue weighted by atomic mass is 16.4. The minimum atomic E-state index is -0.865. The molecule has 94 valence electrons. The molecule has 0 aromatic heterocycles. The van der Waals surface area contributed by atoms with Crippen molar-refractivity contribution in [3.63, 3.8) is 0 Å². The van der Waals surface area contributed by atoms with Crippen molar-refractivity contribution in [2.24, 2.45) is 5.73 Å². The Labute approximate surface area is 103 Å². The van der Waals surface area contributed by atoms with Crippen LogP contribution in [-0.2, 0) is 10.2 Å². The Kier molecular flexibility index (Phi) is 3.94. The van der Waals surface area contributed by atoms with E-state index in [0.717, 1.165) is 11.1 Å². The molecule has 3 nitrogen and oxygen atoms in total. The Balaban J connectivity index is 3.09. The first kappa shape index (κ1) is 13.7. The summed E-state index contributed by atoms with van der Waals surface area (Å²) in [4.78, 5) is 10.7. The quantitative estimate of drug-likeness (QED) is 0.846. The lowest BCUT2D eigenvalue weighted by atomic mass is 9.84. The first-order chi connectivity index (χ1) is 7.70. The number of carboxylic acids is 1. The van der Waals surface area contributed by atoms with Crippen molar-refractivity contribution in [1.82, 2.24) is 0 Å². The number of aryl methyl sites for hydroxylation is 1. The van der Waals surface area contributed by atoms with Gasteiger partial charge in [-0.3, -0.25) is 4.79 Å². The van der Waals surface area contributed by atoms with Crippen molar-refractivity contribution >= 4 is 5.97 Å². The number of rotatable bonds is 3. The smallest absolute Gasteiger partial charge is 0.305 e. The highest BCUT2D eigenvalue weighted by Crippen LogP contribution is 2.27. The summed E-state index contributed by atoms with van der Waals surface area (Å²) in [7, 11) is 0. The van der Waals surface area contributed by atoms with E-state index < -0.39 is 12.0 Å². The van der Waals surface area contributed by atoms with E-state index in [-0.39, 0.29) is 11.8 Å². The second-order valence-corrected chi connectivity index (χ2v) is 5.59. The van der Waals surface area contributed by atoms with Gasteiger partial charge in [0, 0.05) is 6.04 Å². The van der Waals surface area contributed by atoms with Gasteiger partial charge < -0.3 is 10.8 Å². The van der Waals surface area contributed by atoms with Gasteiger partial charge in [-0.2, -0.15) is 0 Å². The molecule has 0 bridgehead atoms. The van der Waals surface area contributed by atoms with Gasteiger partial charge >= 0.3 is 5.97 Å². The maximum atomic E-state index is 10.7.